The van der Waals surface area contributed by atoms with Gasteiger partial charge in [0, 0.05) is 12.2 Å². The van der Waals surface area contributed by atoms with Crippen LogP contribution in [-0.4, -0.2) is 12.0 Å². The second kappa shape index (κ2) is 5.69. The molecule has 0 saturated heterocycles. The Morgan fingerprint density at radius 1 is 1.22 bits per heavy atom. The average molecular weight is 248 g/mol. The van der Waals surface area contributed by atoms with E-state index in [9.17, 15) is 8.78 Å². The minimum Gasteiger partial charge on any atom is -0.313 e. The minimum atomic E-state index is -0.388. The van der Waals surface area contributed by atoms with Gasteiger partial charge in [-0.25, -0.2) is 8.78 Å². The third-order valence-corrected chi connectivity index (χ3v) is 2.86. The predicted molar refractivity (Wildman–Crippen MR) is 66.1 cm³/mol. The molecule has 0 spiro atoms. The number of hydrogen-bond donors (Lipinski definition) is 1. The first-order valence-electron chi connectivity index (χ1n) is 5.72. The molecule has 0 radical (unpaired) electrons. The Hall–Kier alpha value is -1.81. The highest BCUT2D eigenvalue weighted by Gasteiger charge is 2.13. The molecule has 0 aliphatic carbocycles. The van der Waals surface area contributed by atoms with Crippen molar-refractivity contribution in [3.05, 3.63) is 65.5 Å². The van der Waals surface area contributed by atoms with Crippen LogP contribution in [0.4, 0.5) is 8.78 Å². The van der Waals surface area contributed by atoms with Crippen molar-refractivity contribution in [2.45, 2.75) is 12.5 Å². The first kappa shape index (κ1) is 12.6. The van der Waals surface area contributed by atoms with E-state index in [0.29, 0.717) is 17.5 Å². The van der Waals surface area contributed by atoms with E-state index in [0.717, 1.165) is 6.20 Å². The van der Waals surface area contributed by atoms with Crippen molar-refractivity contribution in [2.24, 2.45) is 0 Å². The fourth-order valence-electron chi connectivity index (χ4n) is 1.89. The second-order valence-corrected chi connectivity index (χ2v) is 4.07. The number of nitrogens with one attached hydrogen (secondary N) is 1. The largest absolute Gasteiger partial charge is 0.313 e. The fourth-order valence-corrected chi connectivity index (χ4v) is 1.89. The molecule has 4 heteroatoms. The maximum atomic E-state index is 13.6. The summed E-state index contributed by atoms with van der Waals surface area (Å²) >= 11 is 0. The Bertz CT molecular complexity index is 529. The predicted octanol–water partition coefficient (Wildman–Crippen LogP) is 2.86. The molecule has 2 rings (SSSR count). The first-order valence-corrected chi connectivity index (χ1v) is 5.72. The van der Waals surface area contributed by atoms with Gasteiger partial charge in [-0.2, -0.15) is 0 Å². The van der Waals surface area contributed by atoms with Crippen molar-refractivity contribution < 1.29 is 8.78 Å². The van der Waals surface area contributed by atoms with Gasteiger partial charge in [-0.3, -0.25) is 4.98 Å². The molecule has 2 aromatic rings. The SMILES string of the molecule is CNC(Cc1ccccc1F)c1cncc(F)c1. The number of hydrogen-bond acceptors (Lipinski definition) is 2. The lowest BCUT2D eigenvalue weighted by Gasteiger charge is -2.16. The molecule has 0 aliphatic rings. The molecule has 1 aromatic carbocycles. The summed E-state index contributed by atoms with van der Waals surface area (Å²) in [6.45, 7) is 0. The number of halogens is 2. The molecule has 18 heavy (non-hydrogen) atoms. The zero-order chi connectivity index (χ0) is 13.0. The molecular weight excluding hydrogens is 234 g/mol. The summed E-state index contributed by atoms with van der Waals surface area (Å²) in [5.74, 6) is -0.636. The van der Waals surface area contributed by atoms with E-state index >= 15 is 0 Å². The lowest BCUT2D eigenvalue weighted by atomic mass is 10.00. The van der Waals surface area contributed by atoms with Gasteiger partial charge in [0.15, 0.2) is 0 Å². The molecule has 94 valence electrons. The number of pyridine rings is 1. The van der Waals surface area contributed by atoms with Gasteiger partial charge in [0.2, 0.25) is 0 Å². The number of rotatable bonds is 4. The topological polar surface area (TPSA) is 24.9 Å². The van der Waals surface area contributed by atoms with Gasteiger partial charge < -0.3 is 5.32 Å². The van der Waals surface area contributed by atoms with E-state index in [1.807, 2.05) is 0 Å². The molecular formula is C14H14F2N2. The molecule has 2 nitrogen and oxygen atoms in total. The van der Waals surface area contributed by atoms with Gasteiger partial charge in [0.25, 0.3) is 0 Å². The fraction of sp³-hybridized carbons (Fsp3) is 0.214. The Balaban J connectivity index is 2.23. The van der Waals surface area contributed by atoms with Crippen molar-refractivity contribution in [1.82, 2.24) is 10.3 Å². The monoisotopic (exact) mass is 248 g/mol. The van der Waals surface area contributed by atoms with Crippen LogP contribution in [0.2, 0.25) is 0 Å². The molecule has 1 unspecified atom stereocenters. The van der Waals surface area contributed by atoms with Crippen molar-refractivity contribution >= 4 is 0 Å². The molecule has 1 heterocycles. The smallest absolute Gasteiger partial charge is 0.141 e. The second-order valence-electron chi connectivity index (χ2n) is 4.07. The van der Waals surface area contributed by atoms with Gasteiger partial charge in [-0.1, -0.05) is 18.2 Å². The molecule has 0 saturated carbocycles. The van der Waals surface area contributed by atoms with Crippen molar-refractivity contribution in [2.75, 3.05) is 7.05 Å². The third kappa shape index (κ3) is 2.90. The summed E-state index contributed by atoms with van der Waals surface area (Å²) < 4.78 is 26.7. The molecule has 0 aliphatic heterocycles. The zero-order valence-electron chi connectivity index (χ0n) is 10.0. The van der Waals surface area contributed by atoms with Gasteiger partial charge in [-0.15, -0.1) is 0 Å². The van der Waals surface area contributed by atoms with Crippen LogP contribution < -0.4 is 5.32 Å². The lowest BCUT2D eigenvalue weighted by molar-refractivity contribution is 0.546. The van der Waals surface area contributed by atoms with Gasteiger partial charge in [-0.05, 0) is 36.7 Å². The van der Waals surface area contributed by atoms with Crippen molar-refractivity contribution in [3.8, 4) is 0 Å². The molecule has 1 aromatic heterocycles. The Kier molecular flexibility index (Phi) is 3.99. The summed E-state index contributed by atoms with van der Waals surface area (Å²) in [6.07, 6.45) is 3.19. The molecule has 0 fully saturated rings. The van der Waals surface area contributed by atoms with Crippen LogP contribution >= 0.6 is 0 Å². The number of nitrogens with zero attached hydrogens (tertiary/aromatic N) is 1. The highest BCUT2D eigenvalue weighted by atomic mass is 19.1. The number of likely N-dealkylation sites (N-methyl/N-ethyl adjacent to an activating group) is 1. The van der Waals surface area contributed by atoms with Crippen molar-refractivity contribution in [3.63, 3.8) is 0 Å². The summed E-state index contributed by atoms with van der Waals surface area (Å²) in [7, 11) is 1.76. The van der Waals surface area contributed by atoms with E-state index in [-0.39, 0.29) is 17.7 Å². The van der Waals surface area contributed by atoms with E-state index in [1.54, 1.807) is 31.4 Å². The molecule has 0 amide bonds. The maximum Gasteiger partial charge on any atom is 0.141 e. The highest BCUT2D eigenvalue weighted by Crippen LogP contribution is 2.19. The minimum absolute atomic E-state index is 0.162. The van der Waals surface area contributed by atoms with E-state index in [4.69, 9.17) is 0 Å². The Labute approximate surface area is 105 Å². The Morgan fingerprint density at radius 3 is 2.67 bits per heavy atom. The normalized spacial score (nSPS) is 12.4. The van der Waals surface area contributed by atoms with Crippen LogP contribution in [0.1, 0.15) is 17.2 Å². The van der Waals surface area contributed by atoms with E-state index in [2.05, 4.69) is 10.3 Å². The zero-order valence-corrected chi connectivity index (χ0v) is 10.0. The van der Waals surface area contributed by atoms with Crippen LogP contribution in [0.5, 0.6) is 0 Å². The van der Waals surface area contributed by atoms with Crippen LogP contribution in [-0.2, 0) is 6.42 Å². The summed E-state index contributed by atoms with van der Waals surface area (Å²) in [5, 5.41) is 3.05. The highest BCUT2D eigenvalue weighted by molar-refractivity contribution is 5.23. The molecule has 0 bridgehead atoms. The summed E-state index contributed by atoms with van der Waals surface area (Å²) in [5.41, 5.74) is 1.31. The molecule has 1 atom stereocenters. The van der Waals surface area contributed by atoms with Crippen LogP contribution in [0.15, 0.2) is 42.7 Å². The van der Waals surface area contributed by atoms with Gasteiger partial charge in [0.1, 0.15) is 11.6 Å². The van der Waals surface area contributed by atoms with Crippen LogP contribution in [0.25, 0.3) is 0 Å². The number of aromatic nitrogens is 1. The van der Waals surface area contributed by atoms with E-state index in [1.165, 1.54) is 12.1 Å². The van der Waals surface area contributed by atoms with Crippen LogP contribution in [0.3, 0.4) is 0 Å². The summed E-state index contributed by atoms with van der Waals surface area (Å²) in [4.78, 5) is 3.81. The van der Waals surface area contributed by atoms with E-state index < -0.39 is 0 Å². The van der Waals surface area contributed by atoms with Gasteiger partial charge >= 0.3 is 0 Å². The summed E-state index contributed by atoms with van der Waals surface area (Å²) in [6, 6.07) is 7.84. The number of benzene rings is 1. The first-order chi connectivity index (χ1) is 8.70. The average Bonchev–Trinajstić information content (AvgIpc) is 2.38. The lowest BCUT2D eigenvalue weighted by Crippen LogP contribution is -2.19. The standard InChI is InChI=1S/C14H14F2N2/c1-17-14(11-6-12(15)9-18-8-11)7-10-4-2-3-5-13(10)16/h2-6,8-9,14,17H,7H2,1H3. The maximum absolute atomic E-state index is 13.6. The Morgan fingerprint density at radius 2 is 2.00 bits per heavy atom. The molecule has 1 N–H and O–H groups in total. The quantitative estimate of drug-likeness (QED) is 0.900. The van der Waals surface area contributed by atoms with Gasteiger partial charge in [0.05, 0.1) is 6.20 Å². The third-order valence-electron chi connectivity index (χ3n) is 2.86. The van der Waals surface area contributed by atoms with Crippen molar-refractivity contribution in [1.29, 1.82) is 0 Å². The van der Waals surface area contributed by atoms with Crippen LogP contribution in [0, 0.1) is 11.6 Å².